The summed E-state index contributed by atoms with van der Waals surface area (Å²) in [6.45, 7) is 2.09. The zero-order chi connectivity index (χ0) is 12.5. The van der Waals surface area contributed by atoms with Crippen molar-refractivity contribution in [1.29, 1.82) is 0 Å². The lowest BCUT2D eigenvalue weighted by molar-refractivity contribution is 0.899. The lowest BCUT2D eigenvalue weighted by Gasteiger charge is -1.98. The molecule has 2 aromatic heterocycles. The topological polar surface area (TPSA) is 30.2 Å². The van der Waals surface area contributed by atoms with Crippen LogP contribution in [0.1, 0.15) is 17.0 Å². The minimum Gasteiger partial charge on any atom is -0.221 e. The number of benzene rings is 1. The van der Waals surface area contributed by atoms with Crippen molar-refractivity contribution in [3.05, 3.63) is 64.0 Å². The molecule has 0 N–H and O–H groups in total. The van der Waals surface area contributed by atoms with Gasteiger partial charge in [-0.3, -0.25) is 0 Å². The minimum absolute atomic E-state index is 0.765. The predicted molar refractivity (Wildman–Crippen MR) is 74.7 cm³/mol. The molecule has 0 spiro atoms. The fourth-order valence-electron chi connectivity index (χ4n) is 1.98. The summed E-state index contributed by atoms with van der Waals surface area (Å²) in [7, 11) is 0. The van der Waals surface area contributed by atoms with Crippen LogP contribution < -0.4 is 0 Å². The molecule has 18 heavy (non-hydrogen) atoms. The van der Waals surface area contributed by atoms with E-state index in [-0.39, 0.29) is 0 Å². The number of fused-ring (bicyclic) bond motifs is 1. The normalized spacial score (nSPS) is 11.0. The molecule has 0 bridgehead atoms. The van der Waals surface area contributed by atoms with E-state index in [1.807, 2.05) is 18.3 Å². The van der Waals surface area contributed by atoms with Crippen molar-refractivity contribution in [2.24, 2.45) is 0 Å². The van der Waals surface area contributed by atoms with Crippen LogP contribution >= 0.6 is 15.9 Å². The second-order valence-electron chi connectivity index (χ2n) is 4.34. The maximum atomic E-state index is 4.52. The number of aromatic nitrogens is 3. The van der Waals surface area contributed by atoms with Crippen LogP contribution in [-0.2, 0) is 6.42 Å². The van der Waals surface area contributed by atoms with Gasteiger partial charge in [-0.25, -0.2) is 9.50 Å². The number of pyridine rings is 1. The zero-order valence-corrected chi connectivity index (χ0v) is 11.6. The molecule has 90 valence electrons. The van der Waals surface area contributed by atoms with Gasteiger partial charge in [-0.15, -0.1) is 0 Å². The van der Waals surface area contributed by atoms with Gasteiger partial charge in [0.2, 0.25) is 0 Å². The van der Waals surface area contributed by atoms with Crippen molar-refractivity contribution in [3.63, 3.8) is 0 Å². The number of nitrogens with zero attached hydrogens (tertiary/aromatic N) is 3. The lowest BCUT2D eigenvalue weighted by Crippen LogP contribution is -1.92. The molecular weight excluding hydrogens is 290 g/mol. The summed E-state index contributed by atoms with van der Waals surface area (Å²) in [4.78, 5) is 4.52. The highest BCUT2D eigenvalue weighted by Gasteiger charge is 2.05. The monoisotopic (exact) mass is 301 g/mol. The van der Waals surface area contributed by atoms with Crippen molar-refractivity contribution < 1.29 is 0 Å². The maximum Gasteiger partial charge on any atom is 0.156 e. The molecule has 0 saturated carbocycles. The Morgan fingerprint density at radius 3 is 2.94 bits per heavy atom. The quantitative estimate of drug-likeness (QED) is 0.726. The Balaban J connectivity index is 1.95. The smallest absolute Gasteiger partial charge is 0.156 e. The van der Waals surface area contributed by atoms with E-state index in [1.165, 1.54) is 11.1 Å². The van der Waals surface area contributed by atoms with Gasteiger partial charge in [-0.2, -0.15) is 5.10 Å². The summed E-state index contributed by atoms with van der Waals surface area (Å²) >= 11 is 3.44. The van der Waals surface area contributed by atoms with Crippen LogP contribution in [0.3, 0.4) is 0 Å². The Labute approximate surface area is 114 Å². The summed E-state index contributed by atoms with van der Waals surface area (Å²) < 4.78 is 2.82. The molecule has 0 aliphatic carbocycles. The molecule has 0 atom stereocenters. The summed E-state index contributed by atoms with van der Waals surface area (Å²) in [5.74, 6) is 0.846. The largest absolute Gasteiger partial charge is 0.221 e. The fourth-order valence-corrected chi connectivity index (χ4v) is 2.31. The fraction of sp³-hybridized carbons (Fsp3) is 0.143. The van der Waals surface area contributed by atoms with Gasteiger partial charge in [0, 0.05) is 17.1 Å². The molecule has 0 aliphatic heterocycles. The van der Waals surface area contributed by atoms with Crippen LogP contribution in [0, 0.1) is 6.92 Å². The molecule has 0 unspecified atom stereocenters. The molecule has 0 radical (unpaired) electrons. The Bertz CT molecular complexity index is 703. The van der Waals surface area contributed by atoms with E-state index in [0.717, 1.165) is 22.4 Å². The van der Waals surface area contributed by atoms with E-state index < -0.39 is 0 Å². The highest BCUT2D eigenvalue weighted by Crippen LogP contribution is 2.13. The number of hydrogen-bond donors (Lipinski definition) is 0. The molecule has 1 aromatic carbocycles. The SMILES string of the molecule is Cc1cccc(Cc2nc3cc(Br)ccn3n2)c1. The van der Waals surface area contributed by atoms with E-state index in [1.54, 1.807) is 4.52 Å². The Kier molecular flexibility index (Phi) is 2.88. The Morgan fingerprint density at radius 2 is 2.11 bits per heavy atom. The van der Waals surface area contributed by atoms with Crippen LogP contribution in [0.25, 0.3) is 5.65 Å². The molecule has 0 saturated heterocycles. The van der Waals surface area contributed by atoms with E-state index in [4.69, 9.17) is 0 Å². The molecule has 3 aromatic rings. The van der Waals surface area contributed by atoms with Crippen LogP contribution in [0.2, 0.25) is 0 Å². The molecule has 0 amide bonds. The second kappa shape index (κ2) is 4.53. The van der Waals surface area contributed by atoms with Gasteiger partial charge in [0.25, 0.3) is 0 Å². The standard InChI is InChI=1S/C14H12BrN3/c1-10-3-2-4-11(7-10)8-13-16-14-9-12(15)5-6-18(14)17-13/h2-7,9H,8H2,1H3. The van der Waals surface area contributed by atoms with Crippen LogP contribution in [0.5, 0.6) is 0 Å². The molecule has 3 rings (SSSR count). The molecule has 3 nitrogen and oxygen atoms in total. The average molecular weight is 302 g/mol. The van der Waals surface area contributed by atoms with Crippen LogP contribution in [0.15, 0.2) is 47.1 Å². The van der Waals surface area contributed by atoms with E-state index in [9.17, 15) is 0 Å². The van der Waals surface area contributed by atoms with Crippen molar-refractivity contribution in [2.75, 3.05) is 0 Å². The Hall–Kier alpha value is -1.68. The molecular formula is C14H12BrN3. The number of halogens is 1. The summed E-state index contributed by atoms with van der Waals surface area (Å²) in [5.41, 5.74) is 3.37. The van der Waals surface area contributed by atoms with E-state index >= 15 is 0 Å². The van der Waals surface area contributed by atoms with Gasteiger partial charge in [0.15, 0.2) is 11.5 Å². The van der Waals surface area contributed by atoms with Crippen molar-refractivity contribution >= 4 is 21.6 Å². The highest BCUT2D eigenvalue weighted by atomic mass is 79.9. The van der Waals surface area contributed by atoms with Crippen LogP contribution in [-0.4, -0.2) is 14.6 Å². The van der Waals surface area contributed by atoms with E-state index in [0.29, 0.717) is 0 Å². The summed E-state index contributed by atoms with van der Waals surface area (Å²) in [6, 6.07) is 12.4. The number of rotatable bonds is 2. The molecule has 0 fully saturated rings. The first-order valence-corrected chi connectivity index (χ1v) is 6.56. The first-order valence-electron chi connectivity index (χ1n) is 5.77. The van der Waals surface area contributed by atoms with E-state index in [2.05, 4.69) is 57.2 Å². The maximum absolute atomic E-state index is 4.52. The summed E-state index contributed by atoms with van der Waals surface area (Å²) in [6.07, 6.45) is 2.67. The molecule has 4 heteroatoms. The molecule has 0 aliphatic rings. The minimum atomic E-state index is 0.765. The number of hydrogen-bond acceptors (Lipinski definition) is 2. The molecule has 2 heterocycles. The van der Waals surface area contributed by atoms with Crippen LogP contribution in [0.4, 0.5) is 0 Å². The van der Waals surface area contributed by atoms with Crippen molar-refractivity contribution in [2.45, 2.75) is 13.3 Å². The van der Waals surface area contributed by atoms with Gasteiger partial charge in [0.1, 0.15) is 0 Å². The van der Waals surface area contributed by atoms with Crippen molar-refractivity contribution in [1.82, 2.24) is 14.6 Å². The average Bonchev–Trinajstić information content (AvgIpc) is 2.70. The third-order valence-corrected chi connectivity index (χ3v) is 3.28. The Morgan fingerprint density at radius 1 is 1.22 bits per heavy atom. The van der Waals surface area contributed by atoms with Gasteiger partial charge in [-0.05, 0) is 24.6 Å². The van der Waals surface area contributed by atoms with Gasteiger partial charge in [0.05, 0.1) is 0 Å². The number of aryl methyl sites for hydroxylation is 1. The zero-order valence-electron chi connectivity index (χ0n) is 9.97. The second-order valence-corrected chi connectivity index (χ2v) is 5.26. The third kappa shape index (κ3) is 2.29. The first kappa shape index (κ1) is 11.4. The third-order valence-electron chi connectivity index (χ3n) is 2.79. The highest BCUT2D eigenvalue weighted by molar-refractivity contribution is 9.10. The summed E-state index contributed by atoms with van der Waals surface area (Å²) in [5, 5.41) is 4.46. The predicted octanol–water partition coefficient (Wildman–Crippen LogP) is 3.39. The first-order chi connectivity index (χ1) is 8.70. The lowest BCUT2D eigenvalue weighted by atomic mass is 10.1. The van der Waals surface area contributed by atoms with Crippen molar-refractivity contribution in [3.8, 4) is 0 Å². The van der Waals surface area contributed by atoms with Gasteiger partial charge >= 0.3 is 0 Å². The van der Waals surface area contributed by atoms with Gasteiger partial charge < -0.3 is 0 Å². The van der Waals surface area contributed by atoms with Gasteiger partial charge in [-0.1, -0.05) is 45.8 Å².